The molecule has 0 aliphatic carbocycles. The van der Waals surface area contributed by atoms with Gasteiger partial charge in [0.25, 0.3) is 0 Å². The van der Waals surface area contributed by atoms with E-state index in [2.05, 4.69) is 0 Å². The van der Waals surface area contributed by atoms with E-state index in [4.69, 9.17) is 0 Å². The lowest BCUT2D eigenvalue weighted by atomic mass is 9.95. The van der Waals surface area contributed by atoms with Gasteiger partial charge in [0.15, 0.2) is 11.5 Å². The van der Waals surface area contributed by atoms with E-state index in [0.29, 0.717) is 5.56 Å². The maximum absolute atomic E-state index is 9.85. The number of phenolic OH excluding ortho intramolecular Hbond substituents is 3. The van der Waals surface area contributed by atoms with Crippen LogP contribution >= 0.6 is 0 Å². The Kier molecular flexibility index (Phi) is 2.68. The summed E-state index contributed by atoms with van der Waals surface area (Å²) < 4.78 is 0. The Morgan fingerprint density at radius 1 is 0.765 bits per heavy atom. The highest BCUT2D eigenvalue weighted by molar-refractivity contribution is 5.78. The van der Waals surface area contributed by atoms with Crippen LogP contribution in [0.5, 0.6) is 17.2 Å². The zero-order chi connectivity index (χ0) is 12.6. The molecule has 0 amide bonds. The minimum atomic E-state index is -0.322. The number of aryl methyl sites for hydroxylation is 2. The van der Waals surface area contributed by atoms with Gasteiger partial charge in [0, 0.05) is 11.6 Å². The Morgan fingerprint density at radius 3 is 1.88 bits per heavy atom. The maximum atomic E-state index is 9.85. The second-order valence-corrected chi connectivity index (χ2v) is 4.12. The zero-order valence-corrected chi connectivity index (χ0v) is 9.73. The molecule has 88 valence electrons. The molecule has 0 atom stereocenters. The number of hydrogen-bond acceptors (Lipinski definition) is 3. The van der Waals surface area contributed by atoms with E-state index in [1.807, 2.05) is 32.0 Å². The smallest absolute Gasteiger partial charge is 0.161 e. The van der Waals surface area contributed by atoms with E-state index in [-0.39, 0.29) is 17.2 Å². The highest BCUT2D eigenvalue weighted by Crippen LogP contribution is 2.40. The third-order valence-electron chi connectivity index (χ3n) is 2.84. The maximum Gasteiger partial charge on any atom is 0.161 e. The Morgan fingerprint density at radius 2 is 1.29 bits per heavy atom. The monoisotopic (exact) mass is 230 g/mol. The third-order valence-corrected chi connectivity index (χ3v) is 2.84. The number of aromatic hydroxyl groups is 3. The first kappa shape index (κ1) is 11.3. The molecule has 3 nitrogen and oxygen atoms in total. The van der Waals surface area contributed by atoms with Crippen molar-refractivity contribution in [2.24, 2.45) is 0 Å². The molecule has 0 heterocycles. The van der Waals surface area contributed by atoms with Gasteiger partial charge in [0.2, 0.25) is 0 Å². The van der Waals surface area contributed by atoms with Gasteiger partial charge >= 0.3 is 0 Å². The second kappa shape index (κ2) is 4.01. The molecular weight excluding hydrogens is 216 g/mol. The SMILES string of the molecule is Cc1cccc(C)c1-c1cc(O)c(O)cc1O. The molecule has 2 aromatic rings. The van der Waals surface area contributed by atoms with Crippen LogP contribution < -0.4 is 0 Å². The predicted octanol–water partition coefficient (Wildman–Crippen LogP) is 3.09. The van der Waals surface area contributed by atoms with E-state index in [9.17, 15) is 15.3 Å². The fourth-order valence-electron chi connectivity index (χ4n) is 2.01. The molecule has 3 N–H and O–H groups in total. The highest BCUT2D eigenvalue weighted by Gasteiger charge is 2.13. The summed E-state index contributed by atoms with van der Waals surface area (Å²) in [6.45, 7) is 3.87. The topological polar surface area (TPSA) is 60.7 Å². The number of hydrogen-bond donors (Lipinski definition) is 3. The number of benzene rings is 2. The molecule has 2 rings (SSSR count). The van der Waals surface area contributed by atoms with Gasteiger partial charge in [0.05, 0.1) is 0 Å². The summed E-state index contributed by atoms with van der Waals surface area (Å²) in [4.78, 5) is 0. The summed E-state index contributed by atoms with van der Waals surface area (Å²) in [5.74, 6) is -0.601. The van der Waals surface area contributed by atoms with Crippen molar-refractivity contribution in [1.82, 2.24) is 0 Å². The van der Waals surface area contributed by atoms with Crippen LogP contribution in [-0.4, -0.2) is 15.3 Å². The van der Waals surface area contributed by atoms with E-state index < -0.39 is 0 Å². The number of rotatable bonds is 1. The fourth-order valence-corrected chi connectivity index (χ4v) is 2.01. The third kappa shape index (κ3) is 1.91. The molecule has 0 spiro atoms. The summed E-state index contributed by atoms with van der Waals surface area (Å²) in [5, 5.41) is 28.7. The van der Waals surface area contributed by atoms with Gasteiger partial charge in [-0.3, -0.25) is 0 Å². The van der Waals surface area contributed by atoms with E-state index in [0.717, 1.165) is 22.8 Å². The standard InChI is InChI=1S/C14H14O3/c1-8-4-3-5-9(2)14(8)10-6-12(16)13(17)7-11(10)15/h3-7,15-17H,1-2H3. The highest BCUT2D eigenvalue weighted by atomic mass is 16.3. The van der Waals surface area contributed by atoms with E-state index in [1.165, 1.54) is 6.07 Å². The van der Waals surface area contributed by atoms with Gasteiger partial charge in [-0.1, -0.05) is 18.2 Å². The molecule has 0 aromatic heterocycles. The van der Waals surface area contributed by atoms with Crippen molar-refractivity contribution in [3.8, 4) is 28.4 Å². The Hall–Kier alpha value is -2.16. The van der Waals surface area contributed by atoms with Crippen molar-refractivity contribution in [3.63, 3.8) is 0 Å². The molecule has 17 heavy (non-hydrogen) atoms. The lowest BCUT2D eigenvalue weighted by Crippen LogP contribution is -1.88. The molecule has 0 unspecified atom stereocenters. The first-order chi connectivity index (χ1) is 8.00. The summed E-state index contributed by atoms with van der Waals surface area (Å²) >= 11 is 0. The molecule has 0 radical (unpaired) electrons. The molecule has 0 saturated heterocycles. The largest absolute Gasteiger partial charge is 0.507 e. The number of phenols is 3. The van der Waals surface area contributed by atoms with Crippen LogP contribution in [0.3, 0.4) is 0 Å². The van der Waals surface area contributed by atoms with Crippen LogP contribution in [0.4, 0.5) is 0 Å². The Bertz CT molecular complexity index is 554. The van der Waals surface area contributed by atoms with E-state index in [1.54, 1.807) is 0 Å². The van der Waals surface area contributed by atoms with Gasteiger partial charge in [-0.05, 0) is 36.6 Å². The quantitative estimate of drug-likeness (QED) is 0.521. The first-order valence-electron chi connectivity index (χ1n) is 5.32. The minimum Gasteiger partial charge on any atom is -0.507 e. The summed E-state index contributed by atoms with van der Waals surface area (Å²) in [6.07, 6.45) is 0. The van der Waals surface area contributed by atoms with Crippen LogP contribution in [0.1, 0.15) is 11.1 Å². The minimum absolute atomic E-state index is 0.0438. The van der Waals surface area contributed by atoms with Crippen molar-refractivity contribution < 1.29 is 15.3 Å². The van der Waals surface area contributed by atoms with Crippen molar-refractivity contribution in [2.45, 2.75) is 13.8 Å². The molecule has 2 aromatic carbocycles. The van der Waals surface area contributed by atoms with Crippen molar-refractivity contribution >= 4 is 0 Å². The van der Waals surface area contributed by atoms with E-state index >= 15 is 0 Å². The second-order valence-electron chi connectivity index (χ2n) is 4.12. The van der Waals surface area contributed by atoms with Gasteiger partial charge in [-0.2, -0.15) is 0 Å². The molecule has 0 bridgehead atoms. The van der Waals surface area contributed by atoms with Crippen LogP contribution in [0, 0.1) is 13.8 Å². The summed E-state index contributed by atoms with van der Waals surface area (Å²) in [6, 6.07) is 8.33. The normalized spacial score (nSPS) is 10.5. The molecular formula is C14H14O3. The van der Waals surface area contributed by atoms with Gasteiger partial charge in [-0.25, -0.2) is 0 Å². The lowest BCUT2D eigenvalue weighted by Gasteiger charge is -2.12. The van der Waals surface area contributed by atoms with Crippen molar-refractivity contribution in [2.75, 3.05) is 0 Å². The Balaban J connectivity index is 2.73. The molecule has 0 aliphatic rings. The van der Waals surface area contributed by atoms with Crippen LogP contribution in [0.15, 0.2) is 30.3 Å². The molecule has 0 fully saturated rings. The van der Waals surface area contributed by atoms with Gasteiger partial charge in [0.1, 0.15) is 5.75 Å². The van der Waals surface area contributed by atoms with Crippen LogP contribution in [-0.2, 0) is 0 Å². The first-order valence-corrected chi connectivity index (χ1v) is 5.32. The van der Waals surface area contributed by atoms with Crippen molar-refractivity contribution in [3.05, 3.63) is 41.5 Å². The lowest BCUT2D eigenvalue weighted by molar-refractivity contribution is 0.397. The average Bonchev–Trinajstić information content (AvgIpc) is 2.25. The Labute approximate surface area is 99.6 Å². The average molecular weight is 230 g/mol. The van der Waals surface area contributed by atoms with Crippen LogP contribution in [0.25, 0.3) is 11.1 Å². The van der Waals surface area contributed by atoms with Crippen LogP contribution in [0.2, 0.25) is 0 Å². The fraction of sp³-hybridized carbons (Fsp3) is 0.143. The van der Waals surface area contributed by atoms with Gasteiger partial charge in [-0.15, -0.1) is 0 Å². The summed E-state index contributed by atoms with van der Waals surface area (Å²) in [7, 11) is 0. The molecule has 3 heteroatoms. The molecule has 0 saturated carbocycles. The zero-order valence-electron chi connectivity index (χ0n) is 9.73. The summed E-state index contributed by atoms with van der Waals surface area (Å²) in [5.41, 5.74) is 3.41. The predicted molar refractivity (Wildman–Crippen MR) is 66.3 cm³/mol. The van der Waals surface area contributed by atoms with Crippen molar-refractivity contribution in [1.29, 1.82) is 0 Å². The van der Waals surface area contributed by atoms with Gasteiger partial charge < -0.3 is 15.3 Å². The molecule has 0 aliphatic heterocycles.